The smallest absolute Gasteiger partial charge is 0.0630 e. The first-order valence-electron chi connectivity index (χ1n) is 7.66. The molecule has 1 aromatic carbocycles. The molecule has 0 unspecified atom stereocenters. The lowest BCUT2D eigenvalue weighted by Crippen LogP contribution is -2.27. The average Bonchev–Trinajstić information content (AvgIpc) is 2.49. The minimum absolute atomic E-state index is 0.614. The number of anilines is 2. The normalized spacial score (nSPS) is 11.5. The molecular weight excluding hydrogens is 260 g/mol. The number of benzene rings is 1. The zero-order valence-corrected chi connectivity index (χ0v) is 13.3. The van der Waals surface area contributed by atoms with Crippen molar-refractivity contribution >= 4 is 22.1 Å². The lowest BCUT2D eigenvalue weighted by atomic mass is 10.1. The zero-order chi connectivity index (χ0) is 15.2. The van der Waals surface area contributed by atoms with Crippen LogP contribution in [0.15, 0.2) is 30.6 Å². The Morgan fingerprint density at radius 1 is 1.24 bits per heavy atom. The van der Waals surface area contributed by atoms with Gasteiger partial charge in [0.2, 0.25) is 0 Å². The number of nitrogens with two attached hydrogens (primary N) is 1. The molecule has 1 heterocycles. The van der Waals surface area contributed by atoms with Gasteiger partial charge in [0.15, 0.2) is 0 Å². The first-order valence-corrected chi connectivity index (χ1v) is 7.66. The Morgan fingerprint density at radius 2 is 2.05 bits per heavy atom. The number of unbranched alkanes of at least 4 members (excludes halogenated alkanes) is 1. The molecule has 2 aromatic rings. The molecule has 0 radical (unpaired) electrons. The van der Waals surface area contributed by atoms with E-state index in [1.807, 2.05) is 18.3 Å². The number of pyridine rings is 1. The van der Waals surface area contributed by atoms with Gasteiger partial charge in [-0.25, -0.2) is 0 Å². The van der Waals surface area contributed by atoms with Crippen LogP contribution in [0.2, 0.25) is 0 Å². The summed E-state index contributed by atoms with van der Waals surface area (Å²) in [5.41, 5.74) is 8.06. The maximum Gasteiger partial charge on any atom is 0.0630 e. The molecule has 0 saturated heterocycles. The number of nitrogen functional groups attached to an aromatic ring is 1. The molecule has 3 N–H and O–H groups in total. The summed E-state index contributed by atoms with van der Waals surface area (Å²) in [5.74, 6) is 0. The highest BCUT2D eigenvalue weighted by Crippen LogP contribution is 2.27. The Kier molecular flexibility index (Phi) is 5.39. The Bertz CT molecular complexity index is 580. The number of rotatable bonds is 7. The second kappa shape index (κ2) is 7.27. The largest absolute Gasteiger partial charge is 0.397 e. The summed E-state index contributed by atoms with van der Waals surface area (Å²) < 4.78 is 0. The molecule has 0 saturated carbocycles. The molecule has 0 amide bonds. The van der Waals surface area contributed by atoms with E-state index in [2.05, 4.69) is 42.2 Å². The molecule has 4 nitrogen and oxygen atoms in total. The van der Waals surface area contributed by atoms with Crippen LogP contribution < -0.4 is 11.1 Å². The summed E-state index contributed by atoms with van der Waals surface area (Å²) in [4.78, 5) is 6.49. The van der Waals surface area contributed by atoms with Crippen LogP contribution in [-0.4, -0.2) is 36.1 Å². The van der Waals surface area contributed by atoms with E-state index in [1.165, 1.54) is 6.42 Å². The monoisotopic (exact) mass is 286 g/mol. The van der Waals surface area contributed by atoms with Crippen molar-refractivity contribution in [1.82, 2.24) is 9.88 Å². The number of hydrogen-bond donors (Lipinski definition) is 2. The van der Waals surface area contributed by atoms with Gasteiger partial charge in [-0.3, -0.25) is 4.98 Å². The van der Waals surface area contributed by atoms with Crippen molar-refractivity contribution < 1.29 is 0 Å². The summed E-state index contributed by atoms with van der Waals surface area (Å²) in [7, 11) is 2.17. The molecule has 21 heavy (non-hydrogen) atoms. The van der Waals surface area contributed by atoms with Crippen molar-refractivity contribution in [2.75, 3.05) is 31.2 Å². The van der Waals surface area contributed by atoms with E-state index in [0.717, 1.165) is 41.7 Å². The minimum atomic E-state index is 0.614. The molecule has 1 aromatic heterocycles. The van der Waals surface area contributed by atoms with Crippen molar-refractivity contribution in [3.63, 3.8) is 0 Å². The predicted molar refractivity (Wildman–Crippen MR) is 91.6 cm³/mol. The molecule has 0 aliphatic heterocycles. The zero-order valence-electron chi connectivity index (χ0n) is 13.3. The standard InChI is InChI=1S/C17H26N4/c1-13(2)21(3)11-5-4-9-20-16-7-6-14-12-19-10-8-15(14)17(16)18/h6-8,10,12-13,20H,4-5,9,11,18H2,1-3H3. The molecule has 0 atom stereocenters. The minimum Gasteiger partial charge on any atom is -0.397 e. The van der Waals surface area contributed by atoms with Gasteiger partial charge >= 0.3 is 0 Å². The number of hydrogen-bond acceptors (Lipinski definition) is 4. The highest BCUT2D eigenvalue weighted by atomic mass is 15.1. The summed E-state index contributed by atoms with van der Waals surface area (Å²) in [6.45, 7) is 6.54. The molecule has 0 bridgehead atoms. The SMILES string of the molecule is CC(C)N(C)CCCCNc1ccc2cnccc2c1N. The molecule has 114 valence electrons. The van der Waals surface area contributed by atoms with Gasteiger partial charge in [-0.15, -0.1) is 0 Å². The number of nitrogens with one attached hydrogen (secondary N) is 1. The summed E-state index contributed by atoms with van der Waals surface area (Å²) in [6, 6.07) is 6.68. The maximum absolute atomic E-state index is 6.22. The van der Waals surface area contributed by atoms with Gasteiger partial charge in [0, 0.05) is 35.8 Å². The van der Waals surface area contributed by atoms with Crippen LogP contribution in [0.5, 0.6) is 0 Å². The van der Waals surface area contributed by atoms with Crippen molar-refractivity contribution in [3.05, 3.63) is 30.6 Å². The van der Waals surface area contributed by atoms with Crippen LogP contribution in [0, 0.1) is 0 Å². The van der Waals surface area contributed by atoms with E-state index in [-0.39, 0.29) is 0 Å². The van der Waals surface area contributed by atoms with Crippen molar-refractivity contribution in [1.29, 1.82) is 0 Å². The second-order valence-electron chi connectivity index (χ2n) is 5.83. The molecule has 0 fully saturated rings. The fourth-order valence-corrected chi connectivity index (χ4v) is 2.31. The molecule has 0 aliphatic rings. The van der Waals surface area contributed by atoms with Crippen LogP contribution in [0.3, 0.4) is 0 Å². The molecular formula is C17H26N4. The second-order valence-corrected chi connectivity index (χ2v) is 5.83. The van der Waals surface area contributed by atoms with E-state index in [0.29, 0.717) is 6.04 Å². The summed E-state index contributed by atoms with van der Waals surface area (Å²) in [5, 5.41) is 5.59. The van der Waals surface area contributed by atoms with Crippen LogP contribution in [0.4, 0.5) is 11.4 Å². The first kappa shape index (κ1) is 15.6. The van der Waals surface area contributed by atoms with Crippen molar-refractivity contribution in [2.24, 2.45) is 0 Å². The van der Waals surface area contributed by atoms with Crippen molar-refractivity contribution in [3.8, 4) is 0 Å². The summed E-state index contributed by atoms with van der Waals surface area (Å²) >= 11 is 0. The molecule has 2 rings (SSSR count). The number of aromatic nitrogens is 1. The van der Waals surface area contributed by atoms with Crippen LogP contribution in [0.1, 0.15) is 26.7 Å². The van der Waals surface area contributed by atoms with E-state index < -0.39 is 0 Å². The van der Waals surface area contributed by atoms with Gasteiger partial charge in [-0.1, -0.05) is 6.07 Å². The highest BCUT2D eigenvalue weighted by molar-refractivity contribution is 5.98. The molecule has 0 spiro atoms. The highest BCUT2D eigenvalue weighted by Gasteiger charge is 2.04. The van der Waals surface area contributed by atoms with Gasteiger partial charge in [-0.05, 0) is 52.4 Å². The Morgan fingerprint density at radius 3 is 2.81 bits per heavy atom. The van der Waals surface area contributed by atoms with Gasteiger partial charge in [0.05, 0.1) is 11.4 Å². The van der Waals surface area contributed by atoms with Gasteiger partial charge in [0.1, 0.15) is 0 Å². The lowest BCUT2D eigenvalue weighted by Gasteiger charge is -2.20. The topological polar surface area (TPSA) is 54.2 Å². The maximum atomic E-state index is 6.22. The fourth-order valence-electron chi connectivity index (χ4n) is 2.31. The summed E-state index contributed by atoms with van der Waals surface area (Å²) in [6.07, 6.45) is 5.96. The Labute approximate surface area is 127 Å². The fraction of sp³-hybridized carbons (Fsp3) is 0.471. The van der Waals surface area contributed by atoms with Crippen molar-refractivity contribution in [2.45, 2.75) is 32.7 Å². The van der Waals surface area contributed by atoms with Crippen LogP contribution in [-0.2, 0) is 0 Å². The lowest BCUT2D eigenvalue weighted by molar-refractivity contribution is 0.269. The molecule has 4 heteroatoms. The average molecular weight is 286 g/mol. The van der Waals surface area contributed by atoms with E-state index in [4.69, 9.17) is 5.73 Å². The Balaban J connectivity index is 1.85. The quantitative estimate of drug-likeness (QED) is 0.605. The van der Waals surface area contributed by atoms with E-state index in [1.54, 1.807) is 6.20 Å². The predicted octanol–water partition coefficient (Wildman–Crippen LogP) is 3.35. The number of nitrogens with zero attached hydrogens (tertiary/aromatic N) is 2. The third-order valence-corrected chi connectivity index (χ3v) is 4.00. The third-order valence-electron chi connectivity index (χ3n) is 4.00. The van der Waals surface area contributed by atoms with Gasteiger partial charge in [-0.2, -0.15) is 0 Å². The third kappa shape index (κ3) is 4.08. The molecule has 0 aliphatic carbocycles. The Hall–Kier alpha value is -1.81. The van der Waals surface area contributed by atoms with Gasteiger partial charge in [0.25, 0.3) is 0 Å². The van der Waals surface area contributed by atoms with Gasteiger partial charge < -0.3 is 16.0 Å². The number of fused-ring (bicyclic) bond motifs is 1. The van der Waals surface area contributed by atoms with Crippen LogP contribution >= 0.6 is 0 Å². The van der Waals surface area contributed by atoms with E-state index in [9.17, 15) is 0 Å². The first-order chi connectivity index (χ1) is 10.1. The van der Waals surface area contributed by atoms with E-state index >= 15 is 0 Å². The van der Waals surface area contributed by atoms with Crippen LogP contribution in [0.25, 0.3) is 10.8 Å².